The van der Waals surface area contributed by atoms with E-state index in [1.54, 1.807) is 4.88 Å². The van der Waals surface area contributed by atoms with Gasteiger partial charge in [-0.3, -0.25) is 4.90 Å². The van der Waals surface area contributed by atoms with Gasteiger partial charge in [-0.1, -0.05) is 0 Å². The maximum Gasteiger partial charge on any atom is 0.138 e. The Morgan fingerprint density at radius 1 is 1.20 bits per heavy atom. The van der Waals surface area contributed by atoms with Gasteiger partial charge in [0.2, 0.25) is 0 Å². The molecule has 4 nitrogen and oxygen atoms in total. The summed E-state index contributed by atoms with van der Waals surface area (Å²) in [5.41, 5.74) is 3.02. The Morgan fingerprint density at radius 3 is 3.12 bits per heavy atom. The summed E-state index contributed by atoms with van der Waals surface area (Å²) in [5.74, 6) is 1.92. The normalized spacial score (nSPS) is 17.0. The average Bonchev–Trinajstić information content (AvgIpc) is 3.28. The predicted octanol–water partition coefficient (Wildman–Crippen LogP) is 4.02. The van der Waals surface area contributed by atoms with Gasteiger partial charge < -0.3 is 5.32 Å². The van der Waals surface area contributed by atoms with Gasteiger partial charge in [0.05, 0.1) is 5.39 Å². The van der Waals surface area contributed by atoms with E-state index in [-0.39, 0.29) is 0 Å². The molecule has 1 N–H and O–H groups in total. The predicted molar refractivity (Wildman–Crippen MR) is 106 cm³/mol. The smallest absolute Gasteiger partial charge is 0.138 e. The van der Waals surface area contributed by atoms with Crippen LogP contribution in [0.4, 0.5) is 5.82 Å². The molecule has 3 aromatic rings. The van der Waals surface area contributed by atoms with Crippen LogP contribution in [0.5, 0.6) is 0 Å². The Hall–Kier alpha value is -1.50. The standard InChI is InChI=1S/C19H22N4S2/c1-12-21-18(17-14-3-2-4-16(14)25-19(17)22-12)20-7-9-23-8-5-15-13(11-23)6-10-24-15/h6,10H,2-5,7-9,11H2,1H3,(H,20,21,22). The zero-order valence-electron chi connectivity index (χ0n) is 14.5. The van der Waals surface area contributed by atoms with Crippen LogP contribution in [0, 0.1) is 6.92 Å². The Balaban J connectivity index is 1.31. The third-order valence-corrected chi connectivity index (χ3v) is 7.49. The van der Waals surface area contributed by atoms with Crippen molar-refractivity contribution < 1.29 is 0 Å². The number of anilines is 1. The van der Waals surface area contributed by atoms with E-state index >= 15 is 0 Å². The lowest BCUT2D eigenvalue weighted by atomic mass is 10.1. The van der Waals surface area contributed by atoms with Crippen molar-refractivity contribution in [2.45, 2.75) is 39.2 Å². The number of hydrogen-bond acceptors (Lipinski definition) is 6. The summed E-state index contributed by atoms with van der Waals surface area (Å²) < 4.78 is 0. The maximum atomic E-state index is 4.73. The fraction of sp³-hybridized carbons (Fsp3) is 0.474. The summed E-state index contributed by atoms with van der Waals surface area (Å²) in [6.45, 7) is 6.26. The second-order valence-electron chi connectivity index (χ2n) is 6.98. The largest absolute Gasteiger partial charge is 0.368 e. The molecular weight excluding hydrogens is 348 g/mol. The average molecular weight is 371 g/mol. The number of fused-ring (bicyclic) bond motifs is 4. The molecule has 6 heteroatoms. The lowest BCUT2D eigenvalue weighted by molar-refractivity contribution is 0.266. The highest BCUT2D eigenvalue weighted by Gasteiger charge is 2.22. The maximum absolute atomic E-state index is 4.73. The number of nitrogens with one attached hydrogen (secondary N) is 1. The van der Waals surface area contributed by atoms with Crippen LogP contribution < -0.4 is 5.32 Å². The van der Waals surface area contributed by atoms with E-state index in [1.807, 2.05) is 29.6 Å². The van der Waals surface area contributed by atoms with Crippen molar-refractivity contribution >= 4 is 38.7 Å². The molecule has 2 aliphatic rings. The number of rotatable bonds is 4. The van der Waals surface area contributed by atoms with E-state index in [9.17, 15) is 0 Å². The van der Waals surface area contributed by atoms with E-state index in [0.717, 1.165) is 31.3 Å². The van der Waals surface area contributed by atoms with Crippen molar-refractivity contribution in [3.8, 4) is 0 Å². The fourth-order valence-electron chi connectivity index (χ4n) is 4.06. The van der Waals surface area contributed by atoms with Gasteiger partial charge >= 0.3 is 0 Å². The van der Waals surface area contributed by atoms with Crippen LogP contribution in [0.2, 0.25) is 0 Å². The molecule has 5 rings (SSSR count). The van der Waals surface area contributed by atoms with E-state index < -0.39 is 0 Å². The zero-order chi connectivity index (χ0) is 16.8. The Kier molecular flexibility index (Phi) is 3.99. The van der Waals surface area contributed by atoms with E-state index in [0.29, 0.717) is 0 Å². The minimum Gasteiger partial charge on any atom is -0.368 e. The van der Waals surface area contributed by atoms with Crippen LogP contribution in [-0.4, -0.2) is 34.5 Å². The van der Waals surface area contributed by atoms with Gasteiger partial charge in [-0.25, -0.2) is 9.97 Å². The zero-order valence-corrected chi connectivity index (χ0v) is 16.1. The minimum atomic E-state index is 0.871. The van der Waals surface area contributed by atoms with Crippen molar-refractivity contribution in [2.75, 3.05) is 25.0 Å². The Bertz CT molecular complexity index is 927. The van der Waals surface area contributed by atoms with E-state index in [2.05, 4.69) is 26.6 Å². The van der Waals surface area contributed by atoms with Crippen LogP contribution in [0.3, 0.4) is 0 Å². The summed E-state index contributed by atoms with van der Waals surface area (Å²) in [5, 5.41) is 7.15. The summed E-state index contributed by atoms with van der Waals surface area (Å²) >= 11 is 3.77. The monoisotopic (exact) mass is 370 g/mol. The summed E-state index contributed by atoms with van der Waals surface area (Å²) in [7, 11) is 0. The van der Waals surface area contributed by atoms with Gasteiger partial charge in [-0.05, 0) is 55.2 Å². The minimum absolute atomic E-state index is 0.871. The van der Waals surface area contributed by atoms with Crippen LogP contribution in [0.15, 0.2) is 11.4 Å². The first-order chi connectivity index (χ1) is 12.3. The van der Waals surface area contributed by atoms with E-state index in [4.69, 9.17) is 4.98 Å². The quantitative estimate of drug-likeness (QED) is 0.753. The van der Waals surface area contributed by atoms with Crippen molar-refractivity contribution in [3.63, 3.8) is 0 Å². The second kappa shape index (κ2) is 6.34. The van der Waals surface area contributed by atoms with Gasteiger partial charge in [-0.2, -0.15) is 0 Å². The van der Waals surface area contributed by atoms with Crippen molar-refractivity contribution in [2.24, 2.45) is 0 Å². The lowest BCUT2D eigenvalue weighted by Gasteiger charge is -2.26. The summed E-state index contributed by atoms with van der Waals surface area (Å²) in [6.07, 6.45) is 4.87. The topological polar surface area (TPSA) is 41.1 Å². The van der Waals surface area contributed by atoms with Gasteiger partial charge in [0.1, 0.15) is 16.5 Å². The first-order valence-electron chi connectivity index (χ1n) is 9.08. The first kappa shape index (κ1) is 15.7. The molecule has 0 saturated heterocycles. The van der Waals surface area contributed by atoms with Crippen molar-refractivity contribution in [1.82, 2.24) is 14.9 Å². The molecule has 0 unspecified atom stereocenters. The van der Waals surface area contributed by atoms with Crippen LogP contribution in [0.1, 0.15) is 33.1 Å². The molecule has 0 saturated carbocycles. The molecule has 0 spiro atoms. The lowest BCUT2D eigenvalue weighted by Crippen LogP contribution is -2.33. The van der Waals surface area contributed by atoms with Gasteiger partial charge in [0, 0.05) is 35.9 Å². The highest BCUT2D eigenvalue weighted by atomic mass is 32.1. The van der Waals surface area contributed by atoms with Crippen LogP contribution >= 0.6 is 22.7 Å². The molecule has 25 heavy (non-hydrogen) atoms. The molecule has 0 aromatic carbocycles. The van der Waals surface area contributed by atoms with Gasteiger partial charge in [-0.15, -0.1) is 22.7 Å². The molecule has 0 radical (unpaired) electrons. The molecule has 0 fully saturated rings. The molecule has 0 bridgehead atoms. The number of aryl methyl sites for hydroxylation is 3. The number of hydrogen-bond donors (Lipinski definition) is 1. The molecule has 0 amide bonds. The SMILES string of the molecule is Cc1nc(NCCN2CCc3sccc3C2)c2c3c(sc2n1)CCC3. The molecule has 4 heterocycles. The van der Waals surface area contributed by atoms with Gasteiger partial charge in [0.25, 0.3) is 0 Å². The fourth-order valence-corrected chi connectivity index (χ4v) is 6.26. The first-order valence-corrected chi connectivity index (χ1v) is 10.8. The van der Waals surface area contributed by atoms with Crippen molar-refractivity contribution in [1.29, 1.82) is 0 Å². The molecule has 0 atom stereocenters. The number of aromatic nitrogens is 2. The molecule has 1 aliphatic carbocycles. The highest BCUT2D eigenvalue weighted by molar-refractivity contribution is 7.19. The third-order valence-electron chi connectivity index (χ3n) is 5.28. The Morgan fingerprint density at radius 2 is 2.16 bits per heavy atom. The van der Waals surface area contributed by atoms with Gasteiger partial charge in [0.15, 0.2) is 0 Å². The second-order valence-corrected chi connectivity index (χ2v) is 9.06. The van der Waals surface area contributed by atoms with Crippen LogP contribution in [-0.2, 0) is 25.8 Å². The summed E-state index contributed by atoms with van der Waals surface area (Å²) in [6, 6.07) is 2.28. The number of nitrogens with zero attached hydrogens (tertiary/aromatic N) is 3. The summed E-state index contributed by atoms with van der Waals surface area (Å²) in [4.78, 5) is 16.2. The van der Waals surface area contributed by atoms with Crippen LogP contribution in [0.25, 0.3) is 10.2 Å². The molecule has 1 aliphatic heterocycles. The highest BCUT2D eigenvalue weighted by Crippen LogP contribution is 2.39. The Labute approximate surface area is 155 Å². The number of thiophene rings is 2. The molecule has 3 aromatic heterocycles. The van der Waals surface area contributed by atoms with Crippen molar-refractivity contribution in [3.05, 3.63) is 38.2 Å². The third kappa shape index (κ3) is 2.86. The molecular formula is C19H22N4S2. The molecule has 130 valence electrons. The van der Waals surface area contributed by atoms with E-state index in [1.165, 1.54) is 58.4 Å².